The van der Waals surface area contributed by atoms with Gasteiger partial charge in [0.1, 0.15) is 0 Å². The Morgan fingerprint density at radius 2 is 1.94 bits per heavy atom. The molecule has 0 bridgehead atoms. The molecular formula is C16H21NO. The number of carbonyl (C=O) groups is 1. The molecular weight excluding hydrogens is 222 g/mol. The summed E-state index contributed by atoms with van der Waals surface area (Å²) in [7, 11) is 0. The third-order valence-corrected chi connectivity index (χ3v) is 3.55. The van der Waals surface area contributed by atoms with E-state index in [1.54, 1.807) is 6.08 Å². The SMILES string of the molecule is O=C(/C=C/c1ccccc1)NCCC1CCCC1. The van der Waals surface area contributed by atoms with Gasteiger partial charge in [-0.2, -0.15) is 0 Å². The number of benzene rings is 1. The average Bonchev–Trinajstić information content (AvgIpc) is 2.91. The van der Waals surface area contributed by atoms with E-state index in [1.807, 2.05) is 36.4 Å². The Bertz CT molecular complexity index is 391. The molecule has 1 N–H and O–H groups in total. The van der Waals surface area contributed by atoms with Crippen LogP contribution in [0.5, 0.6) is 0 Å². The molecule has 96 valence electrons. The molecule has 1 aromatic carbocycles. The van der Waals surface area contributed by atoms with E-state index < -0.39 is 0 Å². The highest BCUT2D eigenvalue weighted by atomic mass is 16.1. The van der Waals surface area contributed by atoms with Gasteiger partial charge in [-0.25, -0.2) is 0 Å². The topological polar surface area (TPSA) is 29.1 Å². The highest BCUT2D eigenvalue weighted by Crippen LogP contribution is 2.26. The molecule has 1 aliphatic rings. The summed E-state index contributed by atoms with van der Waals surface area (Å²) in [4.78, 5) is 11.6. The van der Waals surface area contributed by atoms with Crippen LogP contribution < -0.4 is 5.32 Å². The number of nitrogens with one attached hydrogen (secondary N) is 1. The zero-order valence-corrected chi connectivity index (χ0v) is 10.8. The molecule has 0 aliphatic heterocycles. The fourth-order valence-corrected chi connectivity index (χ4v) is 2.49. The van der Waals surface area contributed by atoms with Crippen molar-refractivity contribution in [1.29, 1.82) is 0 Å². The van der Waals surface area contributed by atoms with Crippen molar-refractivity contribution in [2.45, 2.75) is 32.1 Å². The molecule has 2 nitrogen and oxygen atoms in total. The Labute approximate surface area is 109 Å². The van der Waals surface area contributed by atoms with Gasteiger partial charge in [-0.05, 0) is 24.0 Å². The predicted molar refractivity (Wildman–Crippen MR) is 75.1 cm³/mol. The van der Waals surface area contributed by atoms with Crippen molar-refractivity contribution < 1.29 is 4.79 Å². The maximum Gasteiger partial charge on any atom is 0.243 e. The molecule has 0 atom stereocenters. The number of amides is 1. The zero-order chi connectivity index (χ0) is 12.6. The van der Waals surface area contributed by atoms with Gasteiger partial charge in [-0.15, -0.1) is 0 Å². The van der Waals surface area contributed by atoms with Crippen molar-refractivity contribution in [3.8, 4) is 0 Å². The third-order valence-electron chi connectivity index (χ3n) is 3.55. The first-order valence-corrected chi connectivity index (χ1v) is 6.85. The van der Waals surface area contributed by atoms with E-state index >= 15 is 0 Å². The lowest BCUT2D eigenvalue weighted by Crippen LogP contribution is -2.23. The van der Waals surface area contributed by atoms with Gasteiger partial charge in [0, 0.05) is 12.6 Å². The maximum absolute atomic E-state index is 11.6. The summed E-state index contributed by atoms with van der Waals surface area (Å²) in [6.07, 6.45) is 10.0. The first kappa shape index (κ1) is 12.9. The summed E-state index contributed by atoms with van der Waals surface area (Å²) < 4.78 is 0. The third kappa shape index (κ3) is 4.36. The number of rotatable bonds is 5. The van der Waals surface area contributed by atoms with Crippen LogP contribution in [-0.4, -0.2) is 12.5 Å². The van der Waals surface area contributed by atoms with Crippen molar-refractivity contribution in [3.63, 3.8) is 0 Å². The summed E-state index contributed by atoms with van der Waals surface area (Å²) in [5.41, 5.74) is 1.06. The minimum absolute atomic E-state index is 0.0110. The van der Waals surface area contributed by atoms with Crippen LogP contribution in [0.25, 0.3) is 6.08 Å². The molecule has 0 radical (unpaired) electrons. The molecule has 0 aromatic heterocycles. The van der Waals surface area contributed by atoms with Gasteiger partial charge in [0.25, 0.3) is 0 Å². The van der Waals surface area contributed by atoms with Gasteiger partial charge in [-0.3, -0.25) is 4.79 Å². The number of carbonyl (C=O) groups excluding carboxylic acids is 1. The van der Waals surface area contributed by atoms with Crippen molar-refractivity contribution in [2.24, 2.45) is 5.92 Å². The quantitative estimate of drug-likeness (QED) is 0.789. The van der Waals surface area contributed by atoms with Gasteiger partial charge in [0.15, 0.2) is 0 Å². The smallest absolute Gasteiger partial charge is 0.243 e. The number of hydrogen-bond acceptors (Lipinski definition) is 1. The van der Waals surface area contributed by atoms with E-state index in [-0.39, 0.29) is 5.91 Å². The van der Waals surface area contributed by atoms with E-state index in [2.05, 4.69) is 5.32 Å². The molecule has 2 rings (SSSR count). The van der Waals surface area contributed by atoms with Gasteiger partial charge >= 0.3 is 0 Å². The second-order valence-corrected chi connectivity index (χ2v) is 4.97. The molecule has 1 aromatic rings. The molecule has 2 heteroatoms. The van der Waals surface area contributed by atoms with Crippen LogP contribution >= 0.6 is 0 Å². The summed E-state index contributed by atoms with van der Waals surface area (Å²) in [5.74, 6) is 0.847. The molecule has 0 saturated heterocycles. The lowest BCUT2D eigenvalue weighted by atomic mass is 10.0. The Morgan fingerprint density at radius 3 is 2.67 bits per heavy atom. The first-order valence-electron chi connectivity index (χ1n) is 6.85. The van der Waals surface area contributed by atoms with Gasteiger partial charge in [-0.1, -0.05) is 56.0 Å². The van der Waals surface area contributed by atoms with E-state index in [1.165, 1.54) is 25.7 Å². The molecule has 0 heterocycles. The summed E-state index contributed by atoms with van der Waals surface area (Å²) >= 11 is 0. The molecule has 0 spiro atoms. The fourth-order valence-electron chi connectivity index (χ4n) is 2.49. The monoisotopic (exact) mass is 243 g/mol. The van der Waals surface area contributed by atoms with E-state index in [4.69, 9.17) is 0 Å². The highest BCUT2D eigenvalue weighted by molar-refractivity contribution is 5.91. The predicted octanol–water partition coefficient (Wildman–Crippen LogP) is 3.40. The Morgan fingerprint density at radius 1 is 1.22 bits per heavy atom. The molecule has 18 heavy (non-hydrogen) atoms. The molecule has 1 fully saturated rings. The van der Waals surface area contributed by atoms with Crippen molar-refractivity contribution in [3.05, 3.63) is 42.0 Å². The largest absolute Gasteiger partial charge is 0.353 e. The van der Waals surface area contributed by atoms with Crippen molar-refractivity contribution in [2.75, 3.05) is 6.54 Å². The second-order valence-electron chi connectivity index (χ2n) is 4.97. The Balaban J connectivity index is 1.67. The van der Waals surface area contributed by atoms with E-state index in [0.717, 1.165) is 24.4 Å². The molecule has 1 amide bonds. The normalized spacial score (nSPS) is 16.2. The van der Waals surface area contributed by atoms with Crippen molar-refractivity contribution in [1.82, 2.24) is 5.32 Å². The van der Waals surface area contributed by atoms with Crippen LogP contribution in [0.4, 0.5) is 0 Å². The lowest BCUT2D eigenvalue weighted by molar-refractivity contribution is -0.116. The van der Waals surface area contributed by atoms with E-state index in [9.17, 15) is 4.79 Å². The van der Waals surface area contributed by atoms with Gasteiger partial charge in [0.05, 0.1) is 0 Å². The van der Waals surface area contributed by atoms with Crippen molar-refractivity contribution >= 4 is 12.0 Å². The lowest BCUT2D eigenvalue weighted by Gasteiger charge is -2.08. The van der Waals surface area contributed by atoms with Crippen LogP contribution in [0, 0.1) is 5.92 Å². The zero-order valence-electron chi connectivity index (χ0n) is 10.8. The summed E-state index contributed by atoms with van der Waals surface area (Å²) in [6, 6.07) is 9.89. The van der Waals surface area contributed by atoms with E-state index in [0.29, 0.717) is 0 Å². The Kier molecular flexibility index (Phi) is 5.00. The first-order chi connectivity index (χ1) is 8.84. The van der Waals surface area contributed by atoms with Crippen LogP contribution in [0.3, 0.4) is 0 Å². The standard InChI is InChI=1S/C16H21NO/c18-16(11-10-14-6-2-1-3-7-14)17-13-12-15-8-4-5-9-15/h1-3,6-7,10-11,15H,4-5,8-9,12-13H2,(H,17,18)/b11-10+. The van der Waals surface area contributed by atoms with Gasteiger partial charge in [0.2, 0.25) is 5.91 Å². The molecule has 1 aliphatic carbocycles. The fraction of sp³-hybridized carbons (Fsp3) is 0.438. The number of hydrogen-bond donors (Lipinski definition) is 1. The van der Waals surface area contributed by atoms with Crippen LogP contribution in [0.2, 0.25) is 0 Å². The molecule has 0 unspecified atom stereocenters. The minimum Gasteiger partial charge on any atom is -0.353 e. The average molecular weight is 243 g/mol. The summed E-state index contributed by atoms with van der Waals surface area (Å²) in [6.45, 7) is 0.808. The van der Waals surface area contributed by atoms with Crippen LogP contribution in [-0.2, 0) is 4.79 Å². The van der Waals surface area contributed by atoms with Gasteiger partial charge < -0.3 is 5.32 Å². The molecule has 1 saturated carbocycles. The maximum atomic E-state index is 11.6. The second kappa shape index (κ2) is 7.00. The minimum atomic E-state index is 0.0110. The highest BCUT2D eigenvalue weighted by Gasteiger charge is 2.14. The van der Waals surface area contributed by atoms with Crippen LogP contribution in [0.1, 0.15) is 37.7 Å². The van der Waals surface area contributed by atoms with Crippen LogP contribution in [0.15, 0.2) is 36.4 Å². The summed E-state index contributed by atoms with van der Waals surface area (Å²) in [5, 5.41) is 2.95. The Hall–Kier alpha value is -1.57.